The molecule has 3 aromatic heterocycles. The standard InChI is InChI=1S/C19H18N4S/c1-3-14-8-4-5-9-15(14)21-19-22-16(12-24-19)18-13(2)20-17-10-6-7-11-23(17)18/h4-12H,3H2,1-2H3,(H,21,22). The molecule has 0 saturated heterocycles. The van der Waals surface area contributed by atoms with Crippen LogP contribution in [-0.2, 0) is 6.42 Å². The first-order valence-electron chi connectivity index (χ1n) is 8.01. The molecule has 0 aliphatic rings. The second-order valence-electron chi connectivity index (χ2n) is 5.65. The van der Waals surface area contributed by atoms with Gasteiger partial charge in [-0.15, -0.1) is 11.3 Å². The van der Waals surface area contributed by atoms with E-state index in [9.17, 15) is 0 Å². The Morgan fingerprint density at radius 1 is 1.08 bits per heavy atom. The van der Waals surface area contributed by atoms with E-state index in [-0.39, 0.29) is 0 Å². The van der Waals surface area contributed by atoms with Crippen LogP contribution in [0.25, 0.3) is 17.0 Å². The molecular formula is C19H18N4S. The summed E-state index contributed by atoms with van der Waals surface area (Å²) in [5.41, 5.74) is 6.36. The number of benzene rings is 1. The third-order valence-corrected chi connectivity index (χ3v) is 4.85. The maximum absolute atomic E-state index is 4.78. The first-order valence-corrected chi connectivity index (χ1v) is 8.88. The maximum atomic E-state index is 4.78. The lowest BCUT2D eigenvalue weighted by molar-refractivity contribution is 1.14. The van der Waals surface area contributed by atoms with Crippen LogP contribution in [0.2, 0.25) is 0 Å². The zero-order valence-electron chi connectivity index (χ0n) is 13.7. The molecule has 5 heteroatoms. The van der Waals surface area contributed by atoms with Crippen molar-refractivity contribution in [2.24, 2.45) is 0 Å². The topological polar surface area (TPSA) is 42.2 Å². The molecule has 1 N–H and O–H groups in total. The average Bonchev–Trinajstić information content (AvgIpc) is 3.18. The molecule has 24 heavy (non-hydrogen) atoms. The summed E-state index contributed by atoms with van der Waals surface area (Å²) in [4.78, 5) is 9.40. The Balaban J connectivity index is 1.71. The summed E-state index contributed by atoms with van der Waals surface area (Å²) in [6.45, 7) is 4.19. The number of hydrogen-bond acceptors (Lipinski definition) is 4. The second kappa shape index (κ2) is 6.09. The number of anilines is 2. The third kappa shape index (κ3) is 2.57. The molecule has 4 aromatic rings. The van der Waals surface area contributed by atoms with Gasteiger partial charge in [-0.05, 0) is 37.1 Å². The van der Waals surface area contributed by atoms with Gasteiger partial charge in [0.25, 0.3) is 0 Å². The molecule has 4 rings (SSSR count). The van der Waals surface area contributed by atoms with E-state index < -0.39 is 0 Å². The van der Waals surface area contributed by atoms with E-state index in [0.717, 1.165) is 40.0 Å². The van der Waals surface area contributed by atoms with Gasteiger partial charge in [-0.2, -0.15) is 0 Å². The van der Waals surface area contributed by atoms with Crippen molar-refractivity contribution in [3.8, 4) is 11.4 Å². The number of hydrogen-bond donors (Lipinski definition) is 1. The Bertz CT molecular complexity index is 999. The van der Waals surface area contributed by atoms with Crippen LogP contribution >= 0.6 is 11.3 Å². The molecule has 0 bridgehead atoms. The predicted molar refractivity (Wildman–Crippen MR) is 100 cm³/mol. The van der Waals surface area contributed by atoms with E-state index in [1.807, 2.05) is 37.4 Å². The van der Waals surface area contributed by atoms with E-state index in [1.165, 1.54) is 5.56 Å². The van der Waals surface area contributed by atoms with Crippen molar-refractivity contribution in [1.29, 1.82) is 0 Å². The summed E-state index contributed by atoms with van der Waals surface area (Å²) in [5, 5.41) is 6.43. The minimum atomic E-state index is 0.899. The largest absolute Gasteiger partial charge is 0.331 e. The first-order chi connectivity index (χ1) is 11.8. The number of fused-ring (bicyclic) bond motifs is 1. The average molecular weight is 334 g/mol. The number of thiazole rings is 1. The lowest BCUT2D eigenvalue weighted by atomic mass is 10.1. The van der Waals surface area contributed by atoms with Gasteiger partial charge in [0.05, 0.1) is 11.4 Å². The van der Waals surface area contributed by atoms with E-state index in [4.69, 9.17) is 4.98 Å². The molecule has 0 amide bonds. The molecule has 120 valence electrons. The lowest BCUT2D eigenvalue weighted by Crippen LogP contribution is -1.95. The molecule has 0 spiro atoms. The number of pyridine rings is 1. The highest BCUT2D eigenvalue weighted by Gasteiger charge is 2.14. The normalized spacial score (nSPS) is 11.1. The van der Waals surface area contributed by atoms with E-state index >= 15 is 0 Å². The van der Waals surface area contributed by atoms with Gasteiger partial charge in [-0.1, -0.05) is 31.2 Å². The molecule has 0 aliphatic carbocycles. The highest BCUT2D eigenvalue weighted by molar-refractivity contribution is 7.14. The number of imidazole rings is 1. The fraction of sp³-hybridized carbons (Fsp3) is 0.158. The molecule has 0 radical (unpaired) electrons. The third-order valence-electron chi connectivity index (χ3n) is 4.09. The van der Waals surface area contributed by atoms with Crippen molar-refractivity contribution < 1.29 is 0 Å². The van der Waals surface area contributed by atoms with Gasteiger partial charge < -0.3 is 5.32 Å². The molecule has 0 fully saturated rings. The van der Waals surface area contributed by atoms with Crippen LogP contribution in [-0.4, -0.2) is 14.4 Å². The van der Waals surface area contributed by atoms with E-state index in [1.54, 1.807) is 11.3 Å². The summed E-state index contributed by atoms with van der Waals surface area (Å²) >= 11 is 1.62. The monoisotopic (exact) mass is 334 g/mol. The maximum Gasteiger partial charge on any atom is 0.187 e. The summed E-state index contributed by atoms with van der Waals surface area (Å²) in [6, 6.07) is 14.4. The Hall–Kier alpha value is -2.66. The zero-order valence-corrected chi connectivity index (χ0v) is 14.5. The molecule has 0 aliphatic heterocycles. The van der Waals surface area contributed by atoms with E-state index in [0.29, 0.717) is 0 Å². The number of aromatic nitrogens is 3. The number of nitrogens with zero attached hydrogens (tertiary/aromatic N) is 3. The molecule has 3 heterocycles. The lowest BCUT2D eigenvalue weighted by Gasteiger charge is -2.07. The van der Waals surface area contributed by atoms with Crippen molar-refractivity contribution >= 4 is 27.8 Å². The minimum Gasteiger partial charge on any atom is -0.331 e. The second-order valence-corrected chi connectivity index (χ2v) is 6.51. The van der Waals surface area contributed by atoms with Crippen molar-refractivity contribution in [3.05, 3.63) is 65.3 Å². The van der Waals surface area contributed by atoms with Crippen LogP contribution in [0.3, 0.4) is 0 Å². The number of para-hydroxylation sites is 1. The van der Waals surface area contributed by atoms with Crippen LogP contribution in [0, 0.1) is 6.92 Å². The van der Waals surface area contributed by atoms with Crippen molar-refractivity contribution in [2.75, 3.05) is 5.32 Å². The van der Waals surface area contributed by atoms with Gasteiger partial charge in [0.15, 0.2) is 5.13 Å². The van der Waals surface area contributed by atoms with Crippen LogP contribution < -0.4 is 5.32 Å². The fourth-order valence-corrected chi connectivity index (χ4v) is 3.64. The van der Waals surface area contributed by atoms with Gasteiger partial charge in [0, 0.05) is 17.3 Å². The van der Waals surface area contributed by atoms with Crippen molar-refractivity contribution in [2.45, 2.75) is 20.3 Å². The highest BCUT2D eigenvalue weighted by atomic mass is 32.1. The SMILES string of the molecule is CCc1ccccc1Nc1nc(-c2c(C)nc3ccccn23)cs1. The Morgan fingerprint density at radius 2 is 1.92 bits per heavy atom. The predicted octanol–water partition coefficient (Wildman–Crippen LogP) is 5.07. The van der Waals surface area contributed by atoms with Gasteiger partial charge in [-0.3, -0.25) is 4.40 Å². The van der Waals surface area contributed by atoms with Crippen LogP contribution in [0.4, 0.5) is 10.8 Å². The smallest absolute Gasteiger partial charge is 0.187 e. The summed E-state index contributed by atoms with van der Waals surface area (Å²) in [6.07, 6.45) is 3.03. The molecular weight excluding hydrogens is 316 g/mol. The zero-order chi connectivity index (χ0) is 16.5. The van der Waals surface area contributed by atoms with Crippen LogP contribution in [0.5, 0.6) is 0 Å². The van der Waals surface area contributed by atoms with Crippen LogP contribution in [0.15, 0.2) is 54.0 Å². The van der Waals surface area contributed by atoms with Gasteiger partial charge >= 0.3 is 0 Å². The van der Waals surface area contributed by atoms with Crippen molar-refractivity contribution in [1.82, 2.24) is 14.4 Å². The van der Waals surface area contributed by atoms with Crippen molar-refractivity contribution in [3.63, 3.8) is 0 Å². The molecule has 0 unspecified atom stereocenters. The summed E-state index contributed by atoms with van der Waals surface area (Å²) < 4.78 is 2.09. The number of nitrogens with one attached hydrogen (secondary N) is 1. The minimum absolute atomic E-state index is 0.899. The van der Waals surface area contributed by atoms with Gasteiger partial charge in [0.1, 0.15) is 11.3 Å². The highest BCUT2D eigenvalue weighted by Crippen LogP contribution is 2.30. The molecule has 0 saturated carbocycles. The van der Waals surface area contributed by atoms with Crippen LogP contribution in [0.1, 0.15) is 18.2 Å². The Morgan fingerprint density at radius 3 is 2.79 bits per heavy atom. The Kier molecular flexibility index (Phi) is 3.78. The fourth-order valence-electron chi connectivity index (χ4n) is 2.93. The summed E-state index contributed by atoms with van der Waals surface area (Å²) in [7, 11) is 0. The molecule has 4 nitrogen and oxygen atoms in total. The Labute approximate surface area is 144 Å². The molecule has 1 aromatic carbocycles. The van der Waals surface area contributed by atoms with E-state index in [2.05, 4.69) is 45.2 Å². The number of aryl methyl sites for hydroxylation is 2. The quantitative estimate of drug-likeness (QED) is 0.566. The number of rotatable bonds is 4. The summed E-state index contributed by atoms with van der Waals surface area (Å²) in [5.74, 6) is 0. The first kappa shape index (κ1) is 14.9. The van der Waals surface area contributed by atoms with Gasteiger partial charge in [0.2, 0.25) is 0 Å². The molecule has 0 atom stereocenters. The van der Waals surface area contributed by atoms with Gasteiger partial charge in [-0.25, -0.2) is 9.97 Å².